The molecule has 198 valence electrons. The normalized spacial score (nSPS) is 21.5. The Morgan fingerprint density at radius 3 is 2.74 bits per heavy atom. The highest BCUT2D eigenvalue weighted by molar-refractivity contribution is 5.95. The molecule has 0 bridgehead atoms. The van der Waals surface area contributed by atoms with Gasteiger partial charge in [0.2, 0.25) is 5.95 Å². The summed E-state index contributed by atoms with van der Waals surface area (Å²) in [4.78, 5) is 36.0. The summed E-state index contributed by atoms with van der Waals surface area (Å²) >= 11 is 0. The summed E-state index contributed by atoms with van der Waals surface area (Å²) in [5.74, 6) is 1.19. The first-order valence-electron chi connectivity index (χ1n) is 13.3. The van der Waals surface area contributed by atoms with Gasteiger partial charge in [0.25, 0.3) is 5.91 Å². The first-order chi connectivity index (χ1) is 18.5. The van der Waals surface area contributed by atoms with Crippen LogP contribution in [0.3, 0.4) is 0 Å². The molecule has 2 atom stereocenters. The summed E-state index contributed by atoms with van der Waals surface area (Å²) in [7, 11) is 2.13. The molecule has 3 aliphatic rings. The summed E-state index contributed by atoms with van der Waals surface area (Å²) in [5.41, 5.74) is 4.41. The first-order valence-corrected chi connectivity index (χ1v) is 13.3. The zero-order valence-corrected chi connectivity index (χ0v) is 21.8. The van der Waals surface area contributed by atoms with Gasteiger partial charge in [0.1, 0.15) is 0 Å². The van der Waals surface area contributed by atoms with Gasteiger partial charge < -0.3 is 24.8 Å². The standard InChI is InChI=1S/C28H33N7O3/c1-3-38-28(37)33-14-10-19(11-15-33)23-5-4-13-35-25(23)30-27(31-35)29-22-8-6-20(7-9-22)26(36)34-16-12-21-17-32(2)18-24(21)34/h4-10,13,21,24H,3,11-12,14-18H2,1-2H3,(H,29,31)/t21-,24+/m0/s1. The molecule has 2 fully saturated rings. The summed E-state index contributed by atoms with van der Waals surface area (Å²) in [6.45, 7) is 6.17. The van der Waals surface area contributed by atoms with Gasteiger partial charge in [-0.25, -0.2) is 9.31 Å². The molecular formula is C28H33N7O3. The highest BCUT2D eigenvalue weighted by Crippen LogP contribution is 2.32. The number of hydrogen-bond acceptors (Lipinski definition) is 7. The zero-order chi connectivity index (χ0) is 26.2. The van der Waals surface area contributed by atoms with Gasteiger partial charge in [0, 0.05) is 61.8 Å². The van der Waals surface area contributed by atoms with Crippen LogP contribution in [0.25, 0.3) is 11.2 Å². The number of benzene rings is 1. The third-order valence-electron chi connectivity index (χ3n) is 7.82. The summed E-state index contributed by atoms with van der Waals surface area (Å²) in [5, 5.41) is 7.87. The maximum absolute atomic E-state index is 13.2. The van der Waals surface area contributed by atoms with E-state index >= 15 is 0 Å². The number of nitrogens with zero attached hydrogens (tertiary/aromatic N) is 6. The van der Waals surface area contributed by atoms with Crippen molar-refractivity contribution in [3.05, 3.63) is 59.8 Å². The van der Waals surface area contributed by atoms with E-state index in [9.17, 15) is 9.59 Å². The molecule has 10 heteroatoms. The number of amides is 2. The second-order valence-electron chi connectivity index (χ2n) is 10.3. The third-order valence-corrected chi connectivity index (χ3v) is 7.82. The van der Waals surface area contributed by atoms with Gasteiger partial charge in [-0.15, -0.1) is 5.10 Å². The molecule has 38 heavy (non-hydrogen) atoms. The number of rotatable bonds is 5. The van der Waals surface area contributed by atoms with Crippen LogP contribution in [0, 0.1) is 5.92 Å². The minimum Gasteiger partial charge on any atom is -0.450 e. The second-order valence-corrected chi connectivity index (χ2v) is 10.3. The predicted molar refractivity (Wildman–Crippen MR) is 144 cm³/mol. The lowest BCUT2D eigenvalue weighted by Gasteiger charge is -2.25. The van der Waals surface area contributed by atoms with E-state index in [-0.39, 0.29) is 12.0 Å². The Kier molecular flexibility index (Phi) is 6.49. The van der Waals surface area contributed by atoms with Crippen molar-refractivity contribution in [1.82, 2.24) is 29.3 Å². The molecule has 10 nitrogen and oxygen atoms in total. The Balaban J connectivity index is 1.15. The third kappa shape index (κ3) is 4.60. The molecule has 0 aliphatic carbocycles. The molecule has 2 amide bonds. The van der Waals surface area contributed by atoms with Crippen molar-refractivity contribution in [3.8, 4) is 0 Å². The van der Waals surface area contributed by atoms with Gasteiger partial charge in [-0.3, -0.25) is 4.79 Å². The molecule has 1 aromatic carbocycles. The van der Waals surface area contributed by atoms with Crippen LogP contribution in [0.5, 0.6) is 0 Å². The van der Waals surface area contributed by atoms with Crippen LogP contribution in [-0.2, 0) is 4.74 Å². The van der Waals surface area contributed by atoms with Crippen LogP contribution >= 0.6 is 0 Å². The molecule has 3 aromatic rings. The van der Waals surface area contributed by atoms with Crippen molar-refractivity contribution in [3.63, 3.8) is 0 Å². The fourth-order valence-electron chi connectivity index (χ4n) is 5.92. The van der Waals surface area contributed by atoms with Gasteiger partial charge in [-0.05, 0) is 74.7 Å². The quantitative estimate of drug-likeness (QED) is 0.556. The number of carbonyl (C=O) groups is 2. The summed E-state index contributed by atoms with van der Waals surface area (Å²) in [6.07, 6.45) is 5.45. The molecule has 0 spiro atoms. The lowest BCUT2D eigenvalue weighted by atomic mass is 10.0. The predicted octanol–water partition coefficient (Wildman–Crippen LogP) is 3.49. The fourth-order valence-corrected chi connectivity index (χ4v) is 5.92. The van der Waals surface area contributed by atoms with Crippen molar-refractivity contribution in [2.24, 2.45) is 5.92 Å². The van der Waals surface area contributed by atoms with Gasteiger partial charge in [-0.1, -0.05) is 6.08 Å². The van der Waals surface area contributed by atoms with Gasteiger partial charge in [0.05, 0.1) is 6.61 Å². The average molecular weight is 516 g/mol. The Morgan fingerprint density at radius 1 is 1.13 bits per heavy atom. The Labute approximate surface area is 221 Å². The number of pyridine rings is 1. The highest BCUT2D eigenvalue weighted by atomic mass is 16.6. The maximum Gasteiger partial charge on any atom is 0.410 e. The van der Waals surface area contributed by atoms with E-state index in [4.69, 9.17) is 9.72 Å². The van der Waals surface area contributed by atoms with Gasteiger partial charge >= 0.3 is 6.09 Å². The van der Waals surface area contributed by atoms with E-state index in [1.54, 1.807) is 9.42 Å². The molecule has 5 heterocycles. The van der Waals surface area contributed by atoms with Crippen molar-refractivity contribution < 1.29 is 14.3 Å². The summed E-state index contributed by atoms with van der Waals surface area (Å²) in [6, 6.07) is 11.9. The topological polar surface area (TPSA) is 95.3 Å². The number of hydrogen-bond donors (Lipinski definition) is 1. The zero-order valence-electron chi connectivity index (χ0n) is 21.8. The molecule has 0 radical (unpaired) electrons. The number of carbonyl (C=O) groups excluding carboxylic acids is 2. The fraction of sp³-hybridized carbons (Fsp3) is 0.429. The Hall–Kier alpha value is -3.92. The highest BCUT2D eigenvalue weighted by Gasteiger charge is 2.42. The SMILES string of the molecule is CCOC(=O)N1CC=C(c2cccn3nc(Nc4ccc(C(=O)N5CC[C@H]6CN(C)C[C@H]65)cc4)nc23)CC1. The number of nitrogens with one attached hydrogen (secondary N) is 1. The number of anilines is 2. The monoisotopic (exact) mass is 515 g/mol. The minimum atomic E-state index is -0.279. The molecule has 1 N–H and O–H groups in total. The van der Waals surface area contributed by atoms with Crippen molar-refractivity contribution in [1.29, 1.82) is 0 Å². The van der Waals surface area contributed by atoms with E-state index in [1.165, 1.54) is 0 Å². The first kappa shape index (κ1) is 24.4. The van der Waals surface area contributed by atoms with Crippen molar-refractivity contribution in [2.45, 2.75) is 25.8 Å². The number of likely N-dealkylation sites (tertiary alicyclic amines) is 2. The summed E-state index contributed by atoms with van der Waals surface area (Å²) < 4.78 is 6.88. The van der Waals surface area contributed by atoms with Crippen molar-refractivity contribution in [2.75, 3.05) is 51.7 Å². The lowest BCUT2D eigenvalue weighted by molar-refractivity contribution is 0.0729. The van der Waals surface area contributed by atoms with Crippen molar-refractivity contribution >= 4 is 34.9 Å². The molecular weight excluding hydrogens is 482 g/mol. The van der Waals surface area contributed by atoms with Crippen LogP contribution in [0.15, 0.2) is 48.7 Å². The smallest absolute Gasteiger partial charge is 0.410 e. The molecule has 3 aliphatic heterocycles. The van der Waals surface area contributed by atoms with E-state index in [0.29, 0.717) is 43.2 Å². The molecule has 6 rings (SSSR count). The molecule has 0 saturated carbocycles. The molecule has 2 aromatic heterocycles. The number of ether oxygens (including phenoxy) is 1. The van der Waals surface area contributed by atoms with Gasteiger partial charge in [-0.2, -0.15) is 4.98 Å². The lowest BCUT2D eigenvalue weighted by Crippen LogP contribution is -2.39. The van der Waals surface area contributed by atoms with E-state index in [2.05, 4.69) is 28.4 Å². The number of fused-ring (bicyclic) bond motifs is 2. The minimum absolute atomic E-state index is 0.108. The Morgan fingerprint density at radius 2 is 1.97 bits per heavy atom. The van der Waals surface area contributed by atoms with Crippen LogP contribution in [0.2, 0.25) is 0 Å². The number of aromatic nitrogens is 3. The van der Waals surface area contributed by atoms with Crippen LogP contribution in [0.4, 0.5) is 16.4 Å². The van der Waals surface area contributed by atoms with E-state index < -0.39 is 0 Å². The maximum atomic E-state index is 13.2. The largest absolute Gasteiger partial charge is 0.450 e. The average Bonchev–Trinajstić information content (AvgIpc) is 3.62. The van der Waals surface area contributed by atoms with Gasteiger partial charge in [0.15, 0.2) is 5.65 Å². The number of likely N-dealkylation sites (N-methyl/N-ethyl adjacent to an activating group) is 1. The van der Waals surface area contributed by atoms with E-state index in [1.807, 2.05) is 54.4 Å². The Bertz CT molecular complexity index is 1380. The van der Waals surface area contributed by atoms with E-state index in [0.717, 1.165) is 54.9 Å². The second kappa shape index (κ2) is 10.1. The van der Waals surface area contributed by atoms with Crippen LogP contribution < -0.4 is 5.32 Å². The molecule has 0 unspecified atom stereocenters. The molecule has 2 saturated heterocycles. The van der Waals surface area contributed by atoms with Crippen LogP contribution in [0.1, 0.15) is 35.7 Å². The van der Waals surface area contributed by atoms with Crippen LogP contribution in [-0.4, -0.2) is 93.7 Å².